The Balaban J connectivity index is 2.56. The van der Waals surface area contributed by atoms with E-state index < -0.39 is 17.9 Å². The Morgan fingerprint density at radius 1 is 1.05 bits per heavy atom. The van der Waals surface area contributed by atoms with E-state index in [1.165, 1.54) is 0 Å². The zero-order valence-corrected chi connectivity index (χ0v) is 13.8. The topological polar surface area (TPSA) is 52.5 Å². The second-order valence-corrected chi connectivity index (χ2v) is 6.07. The highest BCUT2D eigenvalue weighted by Gasteiger charge is 2.38. The van der Waals surface area contributed by atoms with Crippen LogP contribution in [-0.2, 0) is 5.60 Å². The number of hydrogen-bond acceptors (Lipinski definition) is 3. The van der Waals surface area contributed by atoms with Gasteiger partial charge in [0.2, 0.25) is 0 Å². The summed E-state index contributed by atoms with van der Waals surface area (Å²) in [5, 5.41) is 24.7. The number of rotatable bonds is 5. The maximum atomic E-state index is 11.5. The highest BCUT2D eigenvalue weighted by Crippen LogP contribution is 2.35. The Bertz CT molecular complexity index is 630. The van der Waals surface area contributed by atoms with Crippen LogP contribution in [0.4, 0.5) is 0 Å². The predicted molar refractivity (Wildman–Crippen MR) is 89.9 cm³/mol. The molecule has 0 spiro atoms. The molecule has 3 atom stereocenters. The largest absolute Gasteiger partial charge is 0.379 e. The number of benzene rings is 2. The summed E-state index contributed by atoms with van der Waals surface area (Å²) in [6, 6.07) is 14.5. The van der Waals surface area contributed by atoms with Crippen molar-refractivity contribution < 1.29 is 10.2 Å². The minimum absolute atomic E-state index is 0.409. The van der Waals surface area contributed by atoms with Crippen molar-refractivity contribution in [2.45, 2.75) is 38.6 Å². The third-order valence-electron chi connectivity index (χ3n) is 3.94. The lowest BCUT2D eigenvalue weighted by Gasteiger charge is -2.37. The van der Waals surface area contributed by atoms with Gasteiger partial charge in [0, 0.05) is 11.1 Å². The summed E-state index contributed by atoms with van der Waals surface area (Å²) in [5.74, 6) is 0. The third-order valence-corrected chi connectivity index (χ3v) is 4.35. The van der Waals surface area contributed by atoms with Crippen molar-refractivity contribution >= 4 is 11.6 Å². The minimum atomic E-state index is -1.30. The standard InChI is InChI=1S/C18H22ClNO2/c1-12-9-10-16(11-17(12)19)18(22,13(2)20-14(3)21)15-7-5-4-6-8-15/h4-11,13-14,20-22H,1-3H3. The molecule has 0 aliphatic carbocycles. The van der Waals surface area contributed by atoms with Crippen molar-refractivity contribution in [2.75, 3.05) is 0 Å². The van der Waals surface area contributed by atoms with Crippen LogP contribution >= 0.6 is 11.6 Å². The van der Waals surface area contributed by atoms with Gasteiger partial charge in [-0.1, -0.05) is 54.1 Å². The molecule has 0 saturated carbocycles. The van der Waals surface area contributed by atoms with E-state index in [2.05, 4.69) is 5.32 Å². The van der Waals surface area contributed by atoms with Gasteiger partial charge in [-0.2, -0.15) is 0 Å². The summed E-state index contributed by atoms with van der Waals surface area (Å²) in [6.07, 6.45) is -0.730. The maximum absolute atomic E-state index is 11.5. The smallest absolute Gasteiger partial charge is 0.130 e. The van der Waals surface area contributed by atoms with Crippen molar-refractivity contribution in [3.8, 4) is 0 Å². The van der Waals surface area contributed by atoms with Crippen LogP contribution in [0, 0.1) is 6.92 Å². The highest BCUT2D eigenvalue weighted by molar-refractivity contribution is 6.31. The summed E-state index contributed by atoms with van der Waals surface area (Å²) >= 11 is 6.24. The van der Waals surface area contributed by atoms with E-state index in [1.807, 2.05) is 56.3 Å². The van der Waals surface area contributed by atoms with E-state index in [1.54, 1.807) is 13.0 Å². The van der Waals surface area contributed by atoms with E-state index in [4.69, 9.17) is 11.6 Å². The Labute approximate surface area is 136 Å². The minimum Gasteiger partial charge on any atom is -0.379 e. The van der Waals surface area contributed by atoms with Crippen LogP contribution in [-0.4, -0.2) is 22.5 Å². The monoisotopic (exact) mass is 319 g/mol. The van der Waals surface area contributed by atoms with Crippen LogP contribution in [0.25, 0.3) is 0 Å². The molecular weight excluding hydrogens is 298 g/mol. The third kappa shape index (κ3) is 3.33. The zero-order valence-electron chi connectivity index (χ0n) is 13.0. The normalized spacial score (nSPS) is 16.8. The first kappa shape index (κ1) is 17.0. The Morgan fingerprint density at radius 2 is 1.68 bits per heavy atom. The van der Waals surface area contributed by atoms with Crippen molar-refractivity contribution in [3.05, 3.63) is 70.2 Å². The van der Waals surface area contributed by atoms with Gasteiger partial charge >= 0.3 is 0 Å². The summed E-state index contributed by atoms with van der Waals surface area (Å²) in [5.41, 5.74) is 1.10. The highest BCUT2D eigenvalue weighted by atomic mass is 35.5. The molecule has 2 aromatic carbocycles. The molecule has 0 aliphatic heterocycles. The van der Waals surface area contributed by atoms with Gasteiger partial charge in [0.25, 0.3) is 0 Å². The van der Waals surface area contributed by atoms with E-state index in [0.717, 1.165) is 11.1 Å². The second kappa shape index (κ2) is 6.80. The van der Waals surface area contributed by atoms with Crippen LogP contribution in [0.15, 0.2) is 48.5 Å². The van der Waals surface area contributed by atoms with Crippen LogP contribution in [0.1, 0.15) is 30.5 Å². The molecule has 3 unspecified atom stereocenters. The molecule has 0 radical (unpaired) electrons. The molecule has 0 saturated heterocycles. The van der Waals surface area contributed by atoms with Crippen molar-refractivity contribution in [2.24, 2.45) is 0 Å². The number of aryl methyl sites for hydroxylation is 1. The second-order valence-electron chi connectivity index (χ2n) is 5.66. The fraction of sp³-hybridized carbons (Fsp3) is 0.333. The first-order valence-corrected chi connectivity index (χ1v) is 7.72. The number of hydrogen-bond donors (Lipinski definition) is 3. The average molecular weight is 320 g/mol. The van der Waals surface area contributed by atoms with Gasteiger partial charge in [0.1, 0.15) is 11.8 Å². The predicted octanol–water partition coefficient (Wildman–Crippen LogP) is 3.20. The molecule has 3 nitrogen and oxygen atoms in total. The number of halogens is 1. The van der Waals surface area contributed by atoms with Crippen molar-refractivity contribution in [1.82, 2.24) is 5.32 Å². The van der Waals surface area contributed by atoms with Gasteiger partial charge in [-0.25, -0.2) is 0 Å². The lowest BCUT2D eigenvalue weighted by Crippen LogP contribution is -2.50. The van der Waals surface area contributed by atoms with Crippen LogP contribution in [0.5, 0.6) is 0 Å². The Hall–Kier alpha value is -1.39. The first-order valence-electron chi connectivity index (χ1n) is 7.34. The van der Waals surface area contributed by atoms with E-state index >= 15 is 0 Å². The molecule has 0 fully saturated rings. The Morgan fingerprint density at radius 3 is 2.23 bits per heavy atom. The summed E-state index contributed by atoms with van der Waals surface area (Å²) < 4.78 is 0. The summed E-state index contributed by atoms with van der Waals surface area (Å²) in [7, 11) is 0. The molecule has 2 aromatic rings. The number of aliphatic hydroxyl groups excluding tert-OH is 1. The lowest BCUT2D eigenvalue weighted by molar-refractivity contribution is 0.0172. The van der Waals surface area contributed by atoms with E-state index in [0.29, 0.717) is 10.6 Å². The van der Waals surface area contributed by atoms with Crippen molar-refractivity contribution in [1.29, 1.82) is 0 Å². The van der Waals surface area contributed by atoms with E-state index in [-0.39, 0.29) is 0 Å². The summed E-state index contributed by atoms with van der Waals surface area (Å²) in [4.78, 5) is 0. The first-order chi connectivity index (χ1) is 10.4. The molecule has 0 aliphatic rings. The molecule has 0 heterocycles. The quantitative estimate of drug-likeness (QED) is 0.742. The van der Waals surface area contributed by atoms with Gasteiger partial charge in [-0.05, 0) is 43.5 Å². The Kier molecular flexibility index (Phi) is 5.24. The molecule has 0 bridgehead atoms. The molecule has 22 heavy (non-hydrogen) atoms. The van der Waals surface area contributed by atoms with Gasteiger partial charge in [-0.15, -0.1) is 0 Å². The van der Waals surface area contributed by atoms with Gasteiger partial charge < -0.3 is 10.2 Å². The van der Waals surface area contributed by atoms with Crippen molar-refractivity contribution in [3.63, 3.8) is 0 Å². The number of aliphatic hydroxyl groups is 2. The van der Waals surface area contributed by atoms with Gasteiger partial charge in [0.05, 0.1) is 0 Å². The molecule has 118 valence electrons. The maximum Gasteiger partial charge on any atom is 0.130 e. The van der Waals surface area contributed by atoms with Crippen LogP contribution in [0.3, 0.4) is 0 Å². The van der Waals surface area contributed by atoms with Crippen LogP contribution in [0.2, 0.25) is 5.02 Å². The molecule has 4 heteroatoms. The van der Waals surface area contributed by atoms with E-state index in [9.17, 15) is 10.2 Å². The fourth-order valence-electron chi connectivity index (χ4n) is 2.67. The average Bonchev–Trinajstić information content (AvgIpc) is 2.49. The molecule has 3 N–H and O–H groups in total. The lowest BCUT2D eigenvalue weighted by atomic mass is 9.80. The fourth-order valence-corrected chi connectivity index (χ4v) is 2.85. The molecule has 0 amide bonds. The van der Waals surface area contributed by atoms with Crippen LogP contribution < -0.4 is 5.32 Å². The zero-order chi connectivity index (χ0) is 16.3. The molecule has 2 rings (SSSR count). The SMILES string of the molecule is Cc1ccc(C(O)(c2ccccc2)C(C)NC(C)O)cc1Cl. The number of nitrogens with one attached hydrogen (secondary N) is 1. The molecule has 0 aromatic heterocycles. The van der Waals surface area contributed by atoms with Gasteiger partial charge in [0.15, 0.2) is 0 Å². The van der Waals surface area contributed by atoms with Gasteiger partial charge in [-0.3, -0.25) is 5.32 Å². The molecular formula is C18H22ClNO2. The summed E-state index contributed by atoms with van der Waals surface area (Å²) in [6.45, 7) is 5.39.